The predicted molar refractivity (Wildman–Crippen MR) is 72.2 cm³/mol. The van der Waals surface area contributed by atoms with Crippen LogP contribution < -0.4 is 16.6 Å². The second-order valence-corrected chi connectivity index (χ2v) is 4.46. The van der Waals surface area contributed by atoms with E-state index in [2.05, 4.69) is 10.9 Å². The largest absolute Gasteiger partial charge is 0.351 e. The van der Waals surface area contributed by atoms with Gasteiger partial charge in [0.2, 0.25) is 0 Å². The van der Waals surface area contributed by atoms with Crippen LogP contribution in [-0.4, -0.2) is 29.4 Å². The molecule has 0 saturated carbocycles. The Morgan fingerprint density at radius 1 is 1.40 bits per heavy atom. The number of nitrogens with one attached hydrogen (secondary N) is 2. The van der Waals surface area contributed by atoms with E-state index in [1.807, 2.05) is 6.07 Å². The standard InChI is InChI=1S/C13H15N5O2/c14-8-9-4-1-2-5-10(9)16-17-12(19)11-6-3-7-18(11)13(15)20/h1-2,4-5,11,16H,3,6-7H2,(H2,15,20)(H,17,19). The number of rotatable bonds is 3. The lowest BCUT2D eigenvalue weighted by molar-refractivity contribution is -0.124. The zero-order valence-electron chi connectivity index (χ0n) is 10.8. The van der Waals surface area contributed by atoms with Gasteiger partial charge in [-0.3, -0.25) is 15.6 Å². The number of amides is 3. The molecule has 0 spiro atoms. The first-order valence-corrected chi connectivity index (χ1v) is 6.24. The minimum atomic E-state index is -0.597. The van der Waals surface area contributed by atoms with Gasteiger partial charge in [-0.25, -0.2) is 4.79 Å². The fraction of sp³-hybridized carbons (Fsp3) is 0.308. The van der Waals surface area contributed by atoms with Gasteiger partial charge in [-0.2, -0.15) is 5.26 Å². The third-order valence-corrected chi connectivity index (χ3v) is 3.21. The normalized spacial score (nSPS) is 17.4. The third kappa shape index (κ3) is 2.80. The van der Waals surface area contributed by atoms with Gasteiger partial charge in [-0.1, -0.05) is 12.1 Å². The Bertz CT molecular complexity index is 566. The van der Waals surface area contributed by atoms with Gasteiger partial charge in [0.15, 0.2) is 0 Å². The van der Waals surface area contributed by atoms with Crippen molar-refractivity contribution in [1.82, 2.24) is 10.3 Å². The fourth-order valence-electron chi connectivity index (χ4n) is 2.20. The maximum atomic E-state index is 12.0. The van der Waals surface area contributed by atoms with E-state index < -0.39 is 12.1 Å². The number of nitriles is 1. The molecule has 7 heteroatoms. The molecule has 104 valence electrons. The summed E-state index contributed by atoms with van der Waals surface area (Å²) in [7, 11) is 0. The minimum Gasteiger partial charge on any atom is -0.351 e. The van der Waals surface area contributed by atoms with E-state index in [9.17, 15) is 9.59 Å². The Morgan fingerprint density at radius 2 is 2.15 bits per heavy atom. The van der Waals surface area contributed by atoms with Crippen molar-refractivity contribution in [3.05, 3.63) is 29.8 Å². The highest BCUT2D eigenvalue weighted by atomic mass is 16.2. The van der Waals surface area contributed by atoms with Crippen LogP contribution in [0, 0.1) is 11.3 Å². The van der Waals surface area contributed by atoms with Crippen LogP contribution in [0.1, 0.15) is 18.4 Å². The Hall–Kier alpha value is -2.75. The lowest BCUT2D eigenvalue weighted by Crippen LogP contribution is -2.49. The number of nitrogens with two attached hydrogens (primary N) is 1. The zero-order chi connectivity index (χ0) is 14.5. The zero-order valence-corrected chi connectivity index (χ0v) is 10.8. The van der Waals surface area contributed by atoms with Crippen molar-refractivity contribution >= 4 is 17.6 Å². The number of carbonyl (C=O) groups is 2. The van der Waals surface area contributed by atoms with Gasteiger partial charge < -0.3 is 10.6 Å². The molecule has 1 fully saturated rings. The van der Waals surface area contributed by atoms with Gasteiger partial charge in [0.05, 0.1) is 11.3 Å². The van der Waals surface area contributed by atoms with E-state index in [1.54, 1.807) is 24.3 Å². The Labute approximate surface area is 116 Å². The average Bonchev–Trinajstić information content (AvgIpc) is 2.94. The van der Waals surface area contributed by atoms with E-state index in [4.69, 9.17) is 11.0 Å². The van der Waals surface area contributed by atoms with Gasteiger partial charge in [0, 0.05) is 6.54 Å². The summed E-state index contributed by atoms with van der Waals surface area (Å²) < 4.78 is 0. The Balaban J connectivity index is 1.99. The van der Waals surface area contributed by atoms with Crippen molar-refractivity contribution in [1.29, 1.82) is 5.26 Å². The Kier molecular flexibility index (Phi) is 4.05. The second kappa shape index (κ2) is 5.93. The number of nitrogens with zero attached hydrogens (tertiary/aromatic N) is 2. The molecule has 1 saturated heterocycles. The maximum absolute atomic E-state index is 12.0. The van der Waals surface area contributed by atoms with Crippen LogP contribution in [0.5, 0.6) is 0 Å². The molecular weight excluding hydrogens is 258 g/mol. The number of benzene rings is 1. The van der Waals surface area contributed by atoms with Gasteiger partial charge in [-0.15, -0.1) is 0 Å². The number of hydrazine groups is 1. The first-order chi connectivity index (χ1) is 9.63. The predicted octanol–water partition coefficient (Wildman–Crippen LogP) is 0.544. The summed E-state index contributed by atoms with van der Waals surface area (Å²) in [5.41, 5.74) is 11.4. The summed E-state index contributed by atoms with van der Waals surface area (Å²) in [4.78, 5) is 24.6. The van der Waals surface area contributed by atoms with Crippen LogP contribution >= 0.6 is 0 Å². The highest BCUT2D eigenvalue weighted by Gasteiger charge is 2.32. The van der Waals surface area contributed by atoms with Crippen molar-refractivity contribution in [3.8, 4) is 6.07 Å². The molecule has 1 aliphatic heterocycles. The van der Waals surface area contributed by atoms with E-state index in [0.717, 1.165) is 6.42 Å². The van der Waals surface area contributed by atoms with Crippen molar-refractivity contribution in [2.45, 2.75) is 18.9 Å². The fourth-order valence-corrected chi connectivity index (χ4v) is 2.20. The molecule has 7 nitrogen and oxygen atoms in total. The van der Waals surface area contributed by atoms with Crippen LogP contribution in [0.3, 0.4) is 0 Å². The van der Waals surface area contributed by atoms with Crippen LogP contribution in [0.2, 0.25) is 0 Å². The molecule has 1 atom stereocenters. The van der Waals surface area contributed by atoms with Crippen molar-refractivity contribution in [3.63, 3.8) is 0 Å². The molecule has 1 heterocycles. The maximum Gasteiger partial charge on any atom is 0.315 e. The molecule has 1 aromatic rings. The number of carbonyl (C=O) groups excluding carboxylic acids is 2. The summed E-state index contributed by atoms with van der Waals surface area (Å²) in [6.45, 7) is 0.488. The summed E-state index contributed by atoms with van der Waals surface area (Å²) in [6, 6.07) is 7.66. The van der Waals surface area contributed by atoms with Gasteiger partial charge in [0.1, 0.15) is 12.1 Å². The minimum absolute atomic E-state index is 0.339. The van der Waals surface area contributed by atoms with E-state index in [-0.39, 0.29) is 5.91 Å². The molecule has 3 amide bonds. The highest BCUT2D eigenvalue weighted by molar-refractivity contribution is 5.88. The molecule has 0 aliphatic carbocycles. The van der Waals surface area contributed by atoms with Crippen LogP contribution in [0.4, 0.5) is 10.5 Å². The number of primary amides is 1. The molecule has 0 aromatic heterocycles. The van der Waals surface area contributed by atoms with Crippen molar-refractivity contribution in [2.75, 3.05) is 12.0 Å². The molecule has 0 bridgehead atoms. The highest BCUT2D eigenvalue weighted by Crippen LogP contribution is 2.17. The smallest absolute Gasteiger partial charge is 0.315 e. The summed E-state index contributed by atoms with van der Waals surface area (Å²) in [5, 5.41) is 8.94. The van der Waals surface area contributed by atoms with Crippen molar-refractivity contribution < 1.29 is 9.59 Å². The third-order valence-electron chi connectivity index (χ3n) is 3.21. The van der Waals surface area contributed by atoms with Gasteiger partial charge in [0.25, 0.3) is 5.91 Å². The van der Waals surface area contributed by atoms with Crippen LogP contribution in [0.25, 0.3) is 0 Å². The SMILES string of the molecule is N#Cc1ccccc1NNC(=O)C1CCCN1C(N)=O. The quantitative estimate of drug-likeness (QED) is 0.698. The number of hydrogen-bond acceptors (Lipinski definition) is 4. The first kappa shape index (κ1) is 13.7. The first-order valence-electron chi connectivity index (χ1n) is 6.24. The number of hydrogen-bond donors (Lipinski definition) is 3. The van der Waals surface area contributed by atoms with E-state index >= 15 is 0 Å². The number of para-hydroxylation sites is 1. The van der Waals surface area contributed by atoms with E-state index in [0.29, 0.717) is 24.2 Å². The number of likely N-dealkylation sites (tertiary alicyclic amines) is 1. The molecule has 2 rings (SSSR count). The molecule has 1 aromatic carbocycles. The summed E-state index contributed by atoms with van der Waals surface area (Å²) in [6.07, 6.45) is 1.33. The van der Waals surface area contributed by atoms with Gasteiger partial charge >= 0.3 is 6.03 Å². The molecule has 1 unspecified atom stereocenters. The lowest BCUT2D eigenvalue weighted by Gasteiger charge is -2.22. The monoisotopic (exact) mass is 273 g/mol. The summed E-state index contributed by atoms with van der Waals surface area (Å²) >= 11 is 0. The average molecular weight is 273 g/mol. The molecule has 4 N–H and O–H groups in total. The molecule has 1 aliphatic rings. The topological polar surface area (TPSA) is 111 Å². The van der Waals surface area contributed by atoms with Crippen LogP contribution in [0.15, 0.2) is 24.3 Å². The number of urea groups is 1. The molecule has 20 heavy (non-hydrogen) atoms. The van der Waals surface area contributed by atoms with E-state index in [1.165, 1.54) is 4.90 Å². The lowest BCUT2D eigenvalue weighted by atomic mass is 10.2. The van der Waals surface area contributed by atoms with Gasteiger partial charge in [-0.05, 0) is 25.0 Å². The molecule has 0 radical (unpaired) electrons. The molecular formula is C13H15N5O2. The summed E-state index contributed by atoms with van der Waals surface area (Å²) in [5.74, 6) is -0.339. The Morgan fingerprint density at radius 3 is 2.85 bits per heavy atom. The second-order valence-electron chi connectivity index (χ2n) is 4.46. The van der Waals surface area contributed by atoms with Crippen molar-refractivity contribution in [2.24, 2.45) is 5.73 Å². The van der Waals surface area contributed by atoms with Crippen LogP contribution in [-0.2, 0) is 4.79 Å². The number of anilines is 1.